The maximum atomic E-state index is 12.5. The zero-order chi connectivity index (χ0) is 19.5. The van der Waals surface area contributed by atoms with Gasteiger partial charge < -0.3 is 9.64 Å². The minimum Gasteiger partial charge on any atom is -0.378 e. The Morgan fingerprint density at radius 2 is 1.86 bits per heavy atom. The number of rotatable bonds is 4. The lowest BCUT2D eigenvalue weighted by Gasteiger charge is -2.28. The second-order valence-corrected chi connectivity index (χ2v) is 7.96. The van der Waals surface area contributed by atoms with Gasteiger partial charge in [0.1, 0.15) is 4.88 Å². The first kappa shape index (κ1) is 18.9. The summed E-state index contributed by atoms with van der Waals surface area (Å²) >= 11 is 7.73. The predicted molar refractivity (Wildman–Crippen MR) is 116 cm³/mol. The molecule has 2 aromatic carbocycles. The van der Waals surface area contributed by atoms with E-state index < -0.39 is 0 Å². The van der Waals surface area contributed by atoms with Crippen LogP contribution in [0.1, 0.15) is 22.2 Å². The number of nitrogens with one attached hydrogen (secondary N) is 1. The lowest BCUT2D eigenvalue weighted by atomic mass is 10.1. The van der Waals surface area contributed by atoms with Gasteiger partial charge in [0.15, 0.2) is 0 Å². The Balaban J connectivity index is 1.46. The SMILES string of the molecule is C/C(=N\NC(=O)c1sc2ccccc2c1Cl)c1ccc(N2CCOCC2)cc1. The zero-order valence-electron chi connectivity index (χ0n) is 15.4. The molecule has 0 atom stereocenters. The van der Waals surface area contributed by atoms with Gasteiger partial charge in [-0.1, -0.05) is 41.9 Å². The second kappa shape index (κ2) is 8.31. The van der Waals surface area contributed by atoms with Crippen LogP contribution in [0.15, 0.2) is 53.6 Å². The van der Waals surface area contributed by atoms with Gasteiger partial charge in [0.2, 0.25) is 0 Å². The Bertz CT molecular complexity index is 1020. The third-order valence-electron chi connectivity index (χ3n) is 4.73. The largest absolute Gasteiger partial charge is 0.378 e. The molecule has 1 aliphatic rings. The number of hydrogen-bond donors (Lipinski definition) is 1. The van der Waals surface area contributed by atoms with E-state index >= 15 is 0 Å². The van der Waals surface area contributed by atoms with Crippen molar-refractivity contribution in [3.8, 4) is 0 Å². The van der Waals surface area contributed by atoms with E-state index in [2.05, 4.69) is 27.6 Å². The second-order valence-electron chi connectivity index (χ2n) is 6.53. The molecule has 1 N–H and O–H groups in total. The molecular formula is C21H20ClN3O2S. The first-order chi connectivity index (χ1) is 13.6. The number of nitrogens with zero attached hydrogens (tertiary/aromatic N) is 2. The molecule has 7 heteroatoms. The first-order valence-corrected chi connectivity index (χ1v) is 10.3. The lowest BCUT2D eigenvalue weighted by molar-refractivity contribution is 0.0959. The molecule has 0 saturated carbocycles. The van der Waals surface area contributed by atoms with Crippen molar-refractivity contribution >= 4 is 50.3 Å². The molecule has 1 saturated heterocycles. The van der Waals surface area contributed by atoms with Gasteiger partial charge in [-0.25, -0.2) is 5.43 Å². The van der Waals surface area contributed by atoms with Gasteiger partial charge in [0.25, 0.3) is 5.91 Å². The molecule has 0 bridgehead atoms. The molecule has 28 heavy (non-hydrogen) atoms. The van der Waals surface area contributed by atoms with Crippen LogP contribution in [-0.2, 0) is 4.74 Å². The van der Waals surface area contributed by atoms with Gasteiger partial charge in [-0.2, -0.15) is 5.10 Å². The highest BCUT2D eigenvalue weighted by Gasteiger charge is 2.16. The molecular weight excluding hydrogens is 394 g/mol. The maximum Gasteiger partial charge on any atom is 0.283 e. The number of benzene rings is 2. The average molecular weight is 414 g/mol. The number of carbonyl (C=O) groups excluding carboxylic acids is 1. The summed E-state index contributed by atoms with van der Waals surface area (Å²) in [5, 5.41) is 5.62. The lowest BCUT2D eigenvalue weighted by Crippen LogP contribution is -2.36. The van der Waals surface area contributed by atoms with Crippen molar-refractivity contribution in [1.29, 1.82) is 0 Å². The molecule has 4 rings (SSSR count). The molecule has 0 unspecified atom stereocenters. The number of morpholine rings is 1. The number of amides is 1. The van der Waals surface area contributed by atoms with E-state index in [1.807, 2.05) is 43.3 Å². The molecule has 144 valence electrons. The van der Waals surface area contributed by atoms with Crippen LogP contribution in [0.4, 0.5) is 5.69 Å². The Morgan fingerprint density at radius 1 is 1.14 bits per heavy atom. The number of ether oxygens (including phenoxy) is 1. The minimum atomic E-state index is -0.296. The van der Waals surface area contributed by atoms with Gasteiger partial charge in [0, 0.05) is 28.9 Å². The average Bonchev–Trinajstić information content (AvgIpc) is 3.09. The zero-order valence-corrected chi connectivity index (χ0v) is 17.0. The van der Waals surface area contributed by atoms with Gasteiger partial charge >= 0.3 is 0 Å². The van der Waals surface area contributed by atoms with Crippen molar-refractivity contribution in [3.63, 3.8) is 0 Å². The van der Waals surface area contributed by atoms with E-state index in [0.29, 0.717) is 9.90 Å². The predicted octanol–water partition coefficient (Wildman–Crippen LogP) is 4.55. The number of thiophene rings is 1. The van der Waals surface area contributed by atoms with Crippen LogP contribution in [0.2, 0.25) is 5.02 Å². The minimum absolute atomic E-state index is 0.296. The van der Waals surface area contributed by atoms with Crippen molar-refractivity contribution in [3.05, 3.63) is 64.0 Å². The Hall–Kier alpha value is -2.41. The quantitative estimate of drug-likeness (QED) is 0.504. The van der Waals surface area contributed by atoms with Gasteiger partial charge in [-0.3, -0.25) is 4.79 Å². The molecule has 0 radical (unpaired) electrons. The monoisotopic (exact) mass is 413 g/mol. The summed E-state index contributed by atoms with van der Waals surface area (Å²) in [4.78, 5) is 15.3. The number of hydrogen-bond acceptors (Lipinski definition) is 5. The fourth-order valence-electron chi connectivity index (χ4n) is 3.15. The van der Waals surface area contributed by atoms with Crippen molar-refractivity contribution < 1.29 is 9.53 Å². The Labute approximate surface area is 172 Å². The summed E-state index contributed by atoms with van der Waals surface area (Å²) < 4.78 is 6.38. The van der Waals surface area contributed by atoms with Crippen LogP contribution < -0.4 is 10.3 Å². The number of fused-ring (bicyclic) bond motifs is 1. The van der Waals surface area contributed by atoms with Crippen LogP contribution in [-0.4, -0.2) is 37.9 Å². The highest BCUT2D eigenvalue weighted by molar-refractivity contribution is 7.21. The van der Waals surface area contributed by atoms with Crippen LogP contribution >= 0.6 is 22.9 Å². The van der Waals surface area contributed by atoms with Crippen LogP contribution in [0.3, 0.4) is 0 Å². The number of halogens is 1. The van der Waals surface area contributed by atoms with E-state index in [4.69, 9.17) is 16.3 Å². The fraction of sp³-hybridized carbons (Fsp3) is 0.238. The third kappa shape index (κ3) is 3.90. The standard InChI is InChI=1S/C21H20ClN3O2S/c1-14(15-6-8-16(9-7-15)25-10-12-27-13-11-25)23-24-21(26)20-19(22)17-4-2-3-5-18(17)28-20/h2-9H,10-13H2,1H3,(H,24,26)/b23-14+. The van der Waals surface area contributed by atoms with E-state index in [-0.39, 0.29) is 5.91 Å². The van der Waals surface area contributed by atoms with Crippen molar-refractivity contribution in [2.45, 2.75) is 6.92 Å². The van der Waals surface area contributed by atoms with Crippen LogP contribution in [0.25, 0.3) is 10.1 Å². The normalized spacial score (nSPS) is 15.1. The van der Waals surface area contributed by atoms with Crippen molar-refractivity contribution in [2.75, 3.05) is 31.2 Å². The highest BCUT2D eigenvalue weighted by Crippen LogP contribution is 2.34. The first-order valence-electron chi connectivity index (χ1n) is 9.08. The van der Waals surface area contributed by atoms with E-state index in [0.717, 1.165) is 47.7 Å². The molecule has 3 aromatic rings. The molecule has 5 nitrogen and oxygen atoms in total. The van der Waals surface area contributed by atoms with Crippen LogP contribution in [0.5, 0.6) is 0 Å². The van der Waals surface area contributed by atoms with E-state index in [1.165, 1.54) is 17.0 Å². The van der Waals surface area contributed by atoms with Gasteiger partial charge in [-0.05, 0) is 30.7 Å². The molecule has 0 aliphatic carbocycles. The summed E-state index contributed by atoms with van der Waals surface area (Å²) in [6.45, 7) is 5.19. The smallest absolute Gasteiger partial charge is 0.283 e. The summed E-state index contributed by atoms with van der Waals surface area (Å²) in [6.07, 6.45) is 0. The maximum absolute atomic E-state index is 12.5. The topological polar surface area (TPSA) is 53.9 Å². The van der Waals surface area contributed by atoms with Crippen molar-refractivity contribution in [2.24, 2.45) is 5.10 Å². The summed E-state index contributed by atoms with van der Waals surface area (Å²) in [5.74, 6) is -0.296. The number of carbonyl (C=O) groups is 1. The van der Waals surface area contributed by atoms with Crippen LogP contribution in [0, 0.1) is 0 Å². The van der Waals surface area contributed by atoms with E-state index in [9.17, 15) is 4.79 Å². The molecule has 0 spiro atoms. The number of hydrazone groups is 1. The summed E-state index contributed by atoms with van der Waals surface area (Å²) in [5.41, 5.74) is 5.49. The molecule has 1 fully saturated rings. The fourth-order valence-corrected chi connectivity index (χ4v) is 4.55. The third-order valence-corrected chi connectivity index (χ3v) is 6.40. The summed E-state index contributed by atoms with van der Waals surface area (Å²) in [7, 11) is 0. The molecule has 2 heterocycles. The van der Waals surface area contributed by atoms with Gasteiger partial charge in [0.05, 0.1) is 23.9 Å². The Morgan fingerprint density at radius 3 is 2.57 bits per heavy atom. The molecule has 1 amide bonds. The van der Waals surface area contributed by atoms with Crippen molar-refractivity contribution in [1.82, 2.24) is 5.43 Å². The van der Waals surface area contributed by atoms with E-state index in [1.54, 1.807) is 0 Å². The summed E-state index contributed by atoms with van der Waals surface area (Å²) in [6, 6.07) is 15.9. The number of anilines is 1. The van der Waals surface area contributed by atoms with Gasteiger partial charge in [-0.15, -0.1) is 11.3 Å². The molecule has 1 aromatic heterocycles. The molecule has 1 aliphatic heterocycles. The Kier molecular flexibility index (Phi) is 5.62. The highest BCUT2D eigenvalue weighted by atomic mass is 35.5.